The Balaban J connectivity index is 1.86. The van der Waals surface area contributed by atoms with Crippen molar-refractivity contribution in [1.29, 1.82) is 0 Å². The van der Waals surface area contributed by atoms with Crippen molar-refractivity contribution < 1.29 is 5.11 Å². The molecule has 19 heavy (non-hydrogen) atoms. The van der Waals surface area contributed by atoms with Crippen molar-refractivity contribution in [2.24, 2.45) is 0 Å². The third-order valence-electron chi connectivity index (χ3n) is 4.09. The molecule has 0 saturated carbocycles. The summed E-state index contributed by atoms with van der Waals surface area (Å²) in [6, 6.07) is 12.3. The van der Waals surface area contributed by atoms with Gasteiger partial charge in [0.2, 0.25) is 0 Å². The van der Waals surface area contributed by atoms with E-state index in [1.54, 1.807) is 6.20 Å². The Morgan fingerprint density at radius 2 is 1.95 bits per heavy atom. The minimum absolute atomic E-state index is 0.0145. The Morgan fingerprint density at radius 1 is 1.11 bits per heavy atom. The van der Waals surface area contributed by atoms with Crippen LogP contribution in [0.1, 0.15) is 47.8 Å². The lowest BCUT2D eigenvalue weighted by molar-refractivity contribution is 0.150. The molecular formula is C17H19NO. The molecule has 0 saturated heterocycles. The van der Waals surface area contributed by atoms with E-state index in [0.29, 0.717) is 0 Å². The van der Waals surface area contributed by atoms with Crippen LogP contribution in [-0.4, -0.2) is 10.1 Å². The van der Waals surface area contributed by atoms with E-state index in [0.717, 1.165) is 17.7 Å². The highest BCUT2D eigenvalue weighted by Crippen LogP contribution is 2.32. The summed E-state index contributed by atoms with van der Waals surface area (Å²) < 4.78 is 0. The zero-order chi connectivity index (χ0) is 13.2. The summed E-state index contributed by atoms with van der Waals surface area (Å²) in [7, 11) is 0. The lowest BCUT2D eigenvalue weighted by Gasteiger charge is -2.19. The number of pyridine rings is 1. The van der Waals surface area contributed by atoms with Gasteiger partial charge in [0.25, 0.3) is 0 Å². The van der Waals surface area contributed by atoms with Crippen LogP contribution >= 0.6 is 0 Å². The molecule has 1 aliphatic rings. The van der Waals surface area contributed by atoms with Gasteiger partial charge in [-0.15, -0.1) is 0 Å². The minimum atomic E-state index is -0.485. The van der Waals surface area contributed by atoms with E-state index < -0.39 is 6.10 Å². The molecule has 2 nitrogen and oxygen atoms in total. The predicted molar refractivity (Wildman–Crippen MR) is 76.1 cm³/mol. The number of benzene rings is 1. The smallest absolute Gasteiger partial charge is 0.0871 e. The highest BCUT2D eigenvalue weighted by atomic mass is 16.3. The van der Waals surface area contributed by atoms with Gasteiger partial charge in [-0.25, -0.2) is 0 Å². The van der Waals surface area contributed by atoms with Crippen molar-refractivity contribution in [3.63, 3.8) is 0 Å². The van der Waals surface area contributed by atoms with Gasteiger partial charge in [0.15, 0.2) is 0 Å². The Kier molecular flexibility index (Phi) is 3.34. The maximum atomic E-state index is 10.5. The van der Waals surface area contributed by atoms with Gasteiger partial charge in [-0.2, -0.15) is 0 Å². The molecule has 0 aliphatic heterocycles. The predicted octanol–water partition coefficient (Wildman–Crippen LogP) is 3.41. The van der Waals surface area contributed by atoms with Crippen LogP contribution in [0.2, 0.25) is 0 Å². The number of aromatic nitrogens is 1. The molecule has 0 fully saturated rings. The van der Waals surface area contributed by atoms with E-state index in [1.165, 1.54) is 24.0 Å². The number of rotatable bonds is 3. The number of aliphatic hydroxyl groups excluding tert-OH is 1. The summed E-state index contributed by atoms with van der Waals surface area (Å²) in [6.45, 7) is 2.03. The highest BCUT2D eigenvalue weighted by molar-refractivity contribution is 5.37. The van der Waals surface area contributed by atoms with Gasteiger partial charge < -0.3 is 5.11 Å². The number of fused-ring (bicyclic) bond motifs is 1. The standard InChI is InChI=1S/C17H19NO/c1-12(16-7-2-3-10-18-16)17(19)15-9-8-13-5-4-6-14(13)11-15/h2-3,7-12,17,19H,4-6H2,1H3. The number of nitrogens with zero attached hydrogens (tertiary/aromatic N) is 1. The normalized spacial score (nSPS) is 16.9. The van der Waals surface area contributed by atoms with Gasteiger partial charge in [-0.05, 0) is 48.1 Å². The SMILES string of the molecule is CC(c1ccccn1)C(O)c1ccc2c(c1)CCC2. The van der Waals surface area contributed by atoms with E-state index in [4.69, 9.17) is 0 Å². The lowest BCUT2D eigenvalue weighted by atomic mass is 9.92. The maximum Gasteiger partial charge on any atom is 0.0871 e. The van der Waals surface area contributed by atoms with E-state index in [2.05, 4.69) is 23.2 Å². The first-order valence-electron chi connectivity index (χ1n) is 6.96. The van der Waals surface area contributed by atoms with E-state index in [-0.39, 0.29) is 5.92 Å². The van der Waals surface area contributed by atoms with Gasteiger partial charge >= 0.3 is 0 Å². The average molecular weight is 253 g/mol. The molecule has 1 N–H and O–H groups in total. The molecule has 0 bridgehead atoms. The van der Waals surface area contributed by atoms with Crippen LogP contribution in [0.4, 0.5) is 0 Å². The van der Waals surface area contributed by atoms with E-state index in [9.17, 15) is 5.11 Å². The maximum absolute atomic E-state index is 10.5. The number of aliphatic hydroxyl groups is 1. The van der Waals surface area contributed by atoms with Crippen LogP contribution < -0.4 is 0 Å². The fourth-order valence-corrected chi connectivity index (χ4v) is 2.87. The molecule has 2 unspecified atom stereocenters. The van der Waals surface area contributed by atoms with Crippen molar-refractivity contribution in [3.8, 4) is 0 Å². The van der Waals surface area contributed by atoms with Crippen LogP contribution in [0.15, 0.2) is 42.6 Å². The fraction of sp³-hybridized carbons (Fsp3) is 0.353. The van der Waals surface area contributed by atoms with Gasteiger partial charge in [0.05, 0.1) is 6.10 Å². The minimum Gasteiger partial charge on any atom is -0.388 e. The molecule has 2 aromatic rings. The van der Waals surface area contributed by atoms with Crippen LogP contribution in [0.25, 0.3) is 0 Å². The Bertz CT molecular complexity index is 565. The first kappa shape index (κ1) is 12.4. The second kappa shape index (κ2) is 5.14. The van der Waals surface area contributed by atoms with Gasteiger partial charge in [-0.3, -0.25) is 4.98 Å². The lowest BCUT2D eigenvalue weighted by Crippen LogP contribution is -2.09. The highest BCUT2D eigenvalue weighted by Gasteiger charge is 2.21. The van der Waals surface area contributed by atoms with E-state index >= 15 is 0 Å². The van der Waals surface area contributed by atoms with Crippen LogP contribution in [0, 0.1) is 0 Å². The zero-order valence-electron chi connectivity index (χ0n) is 11.2. The largest absolute Gasteiger partial charge is 0.388 e. The Hall–Kier alpha value is -1.67. The molecule has 0 amide bonds. The average Bonchev–Trinajstić information content (AvgIpc) is 2.94. The summed E-state index contributed by atoms with van der Waals surface area (Å²) in [5.74, 6) is 0.0145. The first-order chi connectivity index (χ1) is 9.25. The molecule has 1 aliphatic carbocycles. The number of hydrogen-bond donors (Lipinski definition) is 1. The Morgan fingerprint density at radius 3 is 2.74 bits per heavy atom. The van der Waals surface area contributed by atoms with E-state index in [1.807, 2.05) is 25.1 Å². The van der Waals surface area contributed by atoms with Crippen LogP contribution in [0.3, 0.4) is 0 Å². The van der Waals surface area contributed by atoms with Crippen molar-refractivity contribution in [2.75, 3.05) is 0 Å². The molecular weight excluding hydrogens is 234 g/mol. The van der Waals surface area contributed by atoms with Gasteiger partial charge in [0.1, 0.15) is 0 Å². The summed E-state index contributed by atoms with van der Waals surface area (Å²) in [4.78, 5) is 4.34. The second-order valence-corrected chi connectivity index (χ2v) is 5.37. The van der Waals surface area contributed by atoms with Gasteiger partial charge in [0, 0.05) is 17.8 Å². The molecule has 0 spiro atoms. The van der Waals surface area contributed by atoms with Crippen LogP contribution in [-0.2, 0) is 12.8 Å². The summed E-state index contributed by atoms with van der Waals surface area (Å²) in [5, 5.41) is 10.5. The monoisotopic (exact) mass is 253 g/mol. The molecule has 2 atom stereocenters. The number of hydrogen-bond acceptors (Lipinski definition) is 2. The summed E-state index contributed by atoms with van der Waals surface area (Å²) in [6.07, 6.45) is 4.86. The molecule has 0 radical (unpaired) electrons. The van der Waals surface area contributed by atoms with Gasteiger partial charge in [-0.1, -0.05) is 31.2 Å². The number of aryl methyl sites for hydroxylation is 2. The van der Waals surface area contributed by atoms with Crippen molar-refractivity contribution >= 4 is 0 Å². The molecule has 1 aromatic heterocycles. The quantitative estimate of drug-likeness (QED) is 0.909. The van der Waals surface area contributed by atoms with Crippen molar-refractivity contribution in [2.45, 2.75) is 38.2 Å². The Labute approximate surface area is 114 Å². The molecule has 2 heteroatoms. The van der Waals surface area contributed by atoms with Crippen LogP contribution in [0.5, 0.6) is 0 Å². The van der Waals surface area contributed by atoms with Crippen molar-refractivity contribution in [1.82, 2.24) is 4.98 Å². The fourth-order valence-electron chi connectivity index (χ4n) is 2.87. The molecule has 1 heterocycles. The molecule has 98 valence electrons. The first-order valence-corrected chi connectivity index (χ1v) is 6.96. The zero-order valence-corrected chi connectivity index (χ0v) is 11.2. The topological polar surface area (TPSA) is 33.1 Å². The second-order valence-electron chi connectivity index (χ2n) is 5.37. The molecule has 1 aromatic carbocycles. The summed E-state index contributed by atoms with van der Waals surface area (Å²) >= 11 is 0. The third kappa shape index (κ3) is 2.41. The third-order valence-corrected chi connectivity index (χ3v) is 4.09. The summed E-state index contributed by atoms with van der Waals surface area (Å²) in [5.41, 5.74) is 4.81. The van der Waals surface area contributed by atoms with Crippen molar-refractivity contribution in [3.05, 3.63) is 65.0 Å². The molecule has 3 rings (SSSR count).